The summed E-state index contributed by atoms with van der Waals surface area (Å²) in [6, 6.07) is 0. The minimum atomic E-state index is -0.439. The van der Waals surface area contributed by atoms with Crippen LogP contribution in [0.15, 0.2) is 0 Å². The molecule has 5 nitrogen and oxygen atoms in total. The molecule has 0 N–H and O–H groups in total. The van der Waals surface area contributed by atoms with Gasteiger partial charge in [-0.2, -0.15) is 0 Å². The predicted octanol–water partition coefficient (Wildman–Crippen LogP) is 4.28. The number of carbonyl (C=O) groups excluding carboxylic acids is 2. The summed E-state index contributed by atoms with van der Waals surface area (Å²) < 4.78 is 15.1. The van der Waals surface area contributed by atoms with Crippen molar-refractivity contribution in [3.05, 3.63) is 0 Å². The van der Waals surface area contributed by atoms with Crippen LogP contribution in [0.25, 0.3) is 0 Å². The molecule has 0 aliphatic rings. The summed E-state index contributed by atoms with van der Waals surface area (Å²) in [5.74, 6) is -0.524. The molecule has 0 bridgehead atoms. The van der Waals surface area contributed by atoms with Crippen LogP contribution in [0.4, 0.5) is 0 Å². The molecule has 0 aromatic rings. The Morgan fingerprint density at radius 1 is 0.792 bits per heavy atom. The third kappa shape index (κ3) is 15.8. The van der Waals surface area contributed by atoms with E-state index in [-0.39, 0.29) is 13.2 Å². The molecule has 0 aromatic carbocycles. The average molecular weight is 344 g/mol. The molecule has 0 saturated carbocycles. The summed E-state index contributed by atoms with van der Waals surface area (Å²) in [6.45, 7) is 6.68. The number of unbranched alkanes of at least 4 members (excludes halogenated alkanes) is 7. The third-order valence-electron chi connectivity index (χ3n) is 3.93. The van der Waals surface area contributed by atoms with E-state index in [0.717, 1.165) is 19.3 Å². The van der Waals surface area contributed by atoms with Gasteiger partial charge < -0.3 is 14.2 Å². The van der Waals surface area contributed by atoms with Crippen molar-refractivity contribution in [3.63, 3.8) is 0 Å². The molecule has 0 heterocycles. The lowest BCUT2D eigenvalue weighted by atomic mass is 10.1. The van der Waals surface area contributed by atoms with E-state index in [2.05, 4.69) is 6.92 Å². The van der Waals surface area contributed by atoms with E-state index >= 15 is 0 Å². The molecule has 0 amide bonds. The molecule has 0 spiro atoms. The number of rotatable bonds is 16. The van der Waals surface area contributed by atoms with Gasteiger partial charge in [0.15, 0.2) is 0 Å². The van der Waals surface area contributed by atoms with Crippen LogP contribution in [0.3, 0.4) is 0 Å². The Bertz CT molecular complexity index is 317. The fourth-order valence-corrected chi connectivity index (χ4v) is 2.08. The van der Waals surface area contributed by atoms with Crippen LogP contribution >= 0.6 is 0 Å². The van der Waals surface area contributed by atoms with Gasteiger partial charge in [0.1, 0.15) is 13.2 Å². The van der Waals surface area contributed by atoms with Crippen LogP contribution in [-0.2, 0) is 23.8 Å². The molecule has 0 aromatic heterocycles. The maximum absolute atomic E-state index is 11.4. The zero-order valence-electron chi connectivity index (χ0n) is 15.8. The number of hydrogen-bond acceptors (Lipinski definition) is 5. The van der Waals surface area contributed by atoms with E-state index in [1.807, 2.05) is 13.8 Å². The van der Waals surface area contributed by atoms with Crippen molar-refractivity contribution in [3.8, 4) is 0 Å². The summed E-state index contributed by atoms with van der Waals surface area (Å²) in [5.41, 5.74) is 0. The van der Waals surface area contributed by atoms with E-state index in [4.69, 9.17) is 14.2 Å². The molecule has 24 heavy (non-hydrogen) atoms. The second kappa shape index (κ2) is 16.7. The molecule has 0 radical (unpaired) electrons. The van der Waals surface area contributed by atoms with Crippen molar-refractivity contribution in [2.24, 2.45) is 5.92 Å². The third-order valence-corrected chi connectivity index (χ3v) is 3.93. The molecular formula is C19H36O5. The van der Waals surface area contributed by atoms with Crippen LogP contribution in [0.2, 0.25) is 0 Å². The highest BCUT2D eigenvalue weighted by Gasteiger charge is 2.08. The van der Waals surface area contributed by atoms with Crippen LogP contribution in [-0.4, -0.2) is 38.4 Å². The smallest absolute Gasteiger partial charge is 0.332 e. The lowest BCUT2D eigenvalue weighted by molar-refractivity contribution is -0.156. The van der Waals surface area contributed by atoms with Gasteiger partial charge in [-0.1, -0.05) is 72.1 Å². The molecule has 0 saturated heterocycles. The number of carbonyl (C=O) groups is 2. The summed E-state index contributed by atoms with van der Waals surface area (Å²) >= 11 is 0. The largest absolute Gasteiger partial charge is 0.464 e. The highest BCUT2D eigenvalue weighted by molar-refractivity contribution is 5.73. The normalized spacial score (nSPS) is 12.0. The van der Waals surface area contributed by atoms with Gasteiger partial charge in [-0.05, 0) is 12.3 Å². The van der Waals surface area contributed by atoms with Gasteiger partial charge in [-0.3, -0.25) is 0 Å². The Balaban J connectivity index is 3.36. The Hall–Kier alpha value is -1.10. The molecule has 0 rings (SSSR count). The molecule has 0 aliphatic carbocycles. The zero-order valence-corrected chi connectivity index (χ0v) is 15.8. The molecule has 1 unspecified atom stereocenters. The summed E-state index contributed by atoms with van der Waals surface area (Å²) in [5, 5.41) is 0. The molecule has 142 valence electrons. The number of hydrogen-bond donors (Lipinski definition) is 0. The fraction of sp³-hybridized carbons (Fsp3) is 0.895. The summed E-state index contributed by atoms with van der Waals surface area (Å²) in [7, 11) is 0. The molecule has 0 aliphatic heterocycles. The first kappa shape index (κ1) is 22.9. The standard InChI is InChI=1S/C19H36O5/c1-4-6-7-8-9-10-11-12-13-23-18(20)15-22-16-19(21)24-14-17(3)5-2/h17H,4-16H2,1-3H3. The quantitative estimate of drug-likeness (QED) is 0.309. The van der Waals surface area contributed by atoms with Crippen molar-refractivity contribution in [1.82, 2.24) is 0 Å². The van der Waals surface area contributed by atoms with Crippen molar-refractivity contribution < 1.29 is 23.8 Å². The van der Waals surface area contributed by atoms with Gasteiger partial charge in [0, 0.05) is 0 Å². The van der Waals surface area contributed by atoms with Gasteiger partial charge >= 0.3 is 11.9 Å². The minimum absolute atomic E-state index is 0.199. The Labute approximate surface area is 147 Å². The van der Waals surface area contributed by atoms with Gasteiger partial charge in [0.25, 0.3) is 0 Å². The Morgan fingerprint density at radius 2 is 1.33 bits per heavy atom. The fourth-order valence-electron chi connectivity index (χ4n) is 2.08. The molecular weight excluding hydrogens is 308 g/mol. The van der Waals surface area contributed by atoms with E-state index in [9.17, 15) is 9.59 Å². The van der Waals surface area contributed by atoms with Crippen LogP contribution in [0.1, 0.15) is 78.6 Å². The van der Waals surface area contributed by atoms with Crippen LogP contribution < -0.4 is 0 Å². The van der Waals surface area contributed by atoms with E-state index in [1.54, 1.807) is 0 Å². The Kier molecular flexibility index (Phi) is 16.0. The topological polar surface area (TPSA) is 61.8 Å². The number of ether oxygens (including phenoxy) is 3. The van der Waals surface area contributed by atoms with Crippen molar-refractivity contribution in [2.45, 2.75) is 78.6 Å². The van der Waals surface area contributed by atoms with Crippen molar-refractivity contribution in [2.75, 3.05) is 26.4 Å². The summed E-state index contributed by atoms with van der Waals surface area (Å²) in [4.78, 5) is 22.8. The van der Waals surface area contributed by atoms with Gasteiger partial charge in [-0.25, -0.2) is 9.59 Å². The zero-order chi connectivity index (χ0) is 18.0. The second-order valence-corrected chi connectivity index (χ2v) is 6.38. The lowest BCUT2D eigenvalue weighted by Gasteiger charge is -2.09. The maximum Gasteiger partial charge on any atom is 0.332 e. The molecule has 1 atom stereocenters. The van der Waals surface area contributed by atoms with Crippen LogP contribution in [0, 0.1) is 5.92 Å². The summed E-state index contributed by atoms with van der Waals surface area (Å²) in [6.07, 6.45) is 10.6. The maximum atomic E-state index is 11.4. The molecule has 0 fully saturated rings. The first-order chi connectivity index (χ1) is 11.6. The monoisotopic (exact) mass is 344 g/mol. The number of esters is 2. The van der Waals surface area contributed by atoms with E-state index < -0.39 is 11.9 Å². The van der Waals surface area contributed by atoms with E-state index in [1.165, 1.54) is 38.5 Å². The lowest BCUT2D eigenvalue weighted by Crippen LogP contribution is -2.20. The average Bonchev–Trinajstić information content (AvgIpc) is 2.58. The van der Waals surface area contributed by atoms with Gasteiger partial charge in [0.2, 0.25) is 0 Å². The van der Waals surface area contributed by atoms with Crippen LogP contribution in [0.5, 0.6) is 0 Å². The van der Waals surface area contributed by atoms with Gasteiger partial charge in [0.05, 0.1) is 13.2 Å². The predicted molar refractivity (Wildman–Crippen MR) is 94.8 cm³/mol. The van der Waals surface area contributed by atoms with E-state index in [0.29, 0.717) is 19.1 Å². The van der Waals surface area contributed by atoms with Crippen molar-refractivity contribution >= 4 is 11.9 Å². The van der Waals surface area contributed by atoms with Crippen molar-refractivity contribution in [1.29, 1.82) is 0 Å². The highest BCUT2D eigenvalue weighted by atomic mass is 16.6. The molecule has 5 heteroatoms. The highest BCUT2D eigenvalue weighted by Crippen LogP contribution is 2.08. The minimum Gasteiger partial charge on any atom is -0.464 e. The first-order valence-corrected chi connectivity index (χ1v) is 9.49. The SMILES string of the molecule is CCCCCCCCCCOC(=O)COCC(=O)OCC(C)CC. The first-order valence-electron chi connectivity index (χ1n) is 9.49. The Morgan fingerprint density at radius 3 is 1.92 bits per heavy atom. The second-order valence-electron chi connectivity index (χ2n) is 6.38. The van der Waals surface area contributed by atoms with Gasteiger partial charge in [-0.15, -0.1) is 0 Å².